The highest BCUT2D eigenvalue weighted by Crippen LogP contribution is 2.38. The Bertz CT molecular complexity index is 1040. The van der Waals surface area contributed by atoms with Crippen molar-refractivity contribution in [2.24, 2.45) is 5.73 Å². The van der Waals surface area contributed by atoms with E-state index in [1.54, 1.807) is 0 Å². The predicted molar refractivity (Wildman–Crippen MR) is 126 cm³/mol. The number of hydrogen-bond acceptors (Lipinski definition) is 3. The Kier molecular flexibility index (Phi) is 6.97. The maximum absolute atomic E-state index is 13.1. The summed E-state index contributed by atoms with van der Waals surface area (Å²) in [5, 5.41) is 5.74. The van der Waals surface area contributed by atoms with Gasteiger partial charge in [0.2, 0.25) is 0 Å². The molecule has 0 aliphatic heterocycles. The number of ketones is 1. The molecule has 3 aromatic rings. The summed E-state index contributed by atoms with van der Waals surface area (Å²) in [6.07, 6.45) is 1.75. The zero-order valence-corrected chi connectivity index (χ0v) is 18.0. The molecule has 0 heterocycles. The van der Waals surface area contributed by atoms with E-state index in [0.717, 1.165) is 23.1 Å². The minimum atomic E-state index is -0.607. The molecule has 1 fully saturated rings. The van der Waals surface area contributed by atoms with Gasteiger partial charge in [0.25, 0.3) is 0 Å². The molecule has 32 heavy (non-hydrogen) atoms. The summed E-state index contributed by atoms with van der Waals surface area (Å²) in [4.78, 5) is 25.7. The van der Waals surface area contributed by atoms with Gasteiger partial charge in [-0.15, -0.1) is 0 Å². The number of nitrogens with one attached hydrogen (secondary N) is 2. The first kappa shape index (κ1) is 21.8. The second-order valence-corrected chi connectivity index (χ2v) is 8.45. The Balaban J connectivity index is 1.39. The van der Waals surface area contributed by atoms with E-state index in [4.69, 9.17) is 5.73 Å². The van der Waals surface area contributed by atoms with Crippen LogP contribution < -0.4 is 16.4 Å². The summed E-state index contributed by atoms with van der Waals surface area (Å²) in [5.41, 5.74) is 10.1. The quantitative estimate of drug-likeness (QED) is 0.487. The number of carbonyl (C=O) groups excluding carboxylic acids is 2. The van der Waals surface area contributed by atoms with Crippen molar-refractivity contribution >= 4 is 11.8 Å². The number of rotatable bonds is 9. The highest BCUT2D eigenvalue weighted by atomic mass is 16.2. The fraction of sp³-hybridized carbons (Fsp3) is 0.259. The third-order valence-corrected chi connectivity index (χ3v) is 5.90. The van der Waals surface area contributed by atoms with Crippen molar-refractivity contribution in [3.63, 3.8) is 0 Å². The molecule has 1 aliphatic carbocycles. The lowest BCUT2D eigenvalue weighted by atomic mass is 9.97. The molecule has 2 amide bonds. The lowest BCUT2D eigenvalue weighted by molar-refractivity contribution is -0.120. The number of Topliss-reactive ketones (excluding diaryl/α,β-unsaturated/α-hetero) is 1. The van der Waals surface area contributed by atoms with Crippen LogP contribution in [0.2, 0.25) is 0 Å². The van der Waals surface area contributed by atoms with Crippen molar-refractivity contribution in [2.75, 3.05) is 0 Å². The van der Waals surface area contributed by atoms with E-state index in [1.165, 1.54) is 5.56 Å². The third-order valence-electron chi connectivity index (χ3n) is 5.90. The van der Waals surface area contributed by atoms with Crippen LogP contribution in [-0.2, 0) is 24.2 Å². The Morgan fingerprint density at radius 3 is 2.03 bits per heavy atom. The first-order valence-electron chi connectivity index (χ1n) is 11.1. The second-order valence-electron chi connectivity index (χ2n) is 8.45. The molecule has 3 atom stereocenters. The molecule has 164 valence electrons. The smallest absolute Gasteiger partial charge is 0.315 e. The monoisotopic (exact) mass is 427 g/mol. The molecular formula is C27H29N3O2. The largest absolute Gasteiger partial charge is 0.334 e. The van der Waals surface area contributed by atoms with Crippen LogP contribution in [0.15, 0.2) is 84.9 Å². The van der Waals surface area contributed by atoms with Crippen molar-refractivity contribution in [3.8, 4) is 0 Å². The Morgan fingerprint density at radius 1 is 0.844 bits per heavy atom. The normalized spacial score (nSPS) is 17.9. The zero-order valence-electron chi connectivity index (χ0n) is 18.0. The van der Waals surface area contributed by atoms with Crippen molar-refractivity contribution in [1.82, 2.24) is 10.6 Å². The topological polar surface area (TPSA) is 84.2 Å². The van der Waals surface area contributed by atoms with E-state index in [1.807, 2.05) is 72.8 Å². The highest BCUT2D eigenvalue weighted by Gasteiger charge is 2.34. The first-order chi connectivity index (χ1) is 15.6. The van der Waals surface area contributed by atoms with Gasteiger partial charge in [0.15, 0.2) is 5.78 Å². The molecule has 3 aromatic carbocycles. The first-order valence-corrected chi connectivity index (χ1v) is 11.1. The van der Waals surface area contributed by atoms with E-state index < -0.39 is 6.04 Å². The molecule has 0 aromatic heterocycles. The second kappa shape index (κ2) is 10.2. The van der Waals surface area contributed by atoms with Gasteiger partial charge in [-0.3, -0.25) is 4.79 Å². The van der Waals surface area contributed by atoms with Crippen molar-refractivity contribution in [3.05, 3.63) is 107 Å². The fourth-order valence-corrected chi connectivity index (χ4v) is 3.89. The maximum atomic E-state index is 13.1. The summed E-state index contributed by atoms with van der Waals surface area (Å²) in [6, 6.07) is 26.9. The van der Waals surface area contributed by atoms with E-state index in [2.05, 4.69) is 22.8 Å². The molecule has 0 radical (unpaired) electrons. The van der Waals surface area contributed by atoms with Crippen molar-refractivity contribution in [2.45, 2.75) is 43.8 Å². The number of benzene rings is 3. The zero-order chi connectivity index (χ0) is 22.3. The molecule has 0 bridgehead atoms. The number of hydrogen-bond donors (Lipinski definition) is 3. The minimum absolute atomic E-state index is 0.0143. The molecule has 4 rings (SSSR count). The highest BCUT2D eigenvalue weighted by molar-refractivity contribution is 5.90. The summed E-state index contributed by atoms with van der Waals surface area (Å²) in [7, 11) is 0. The molecule has 0 spiro atoms. The molecule has 5 heteroatoms. The Labute approximate surface area is 189 Å². The van der Waals surface area contributed by atoms with Gasteiger partial charge >= 0.3 is 6.03 Å². The summed E-state index contributed by atoms with van der Waals surface area (Å²) in [6.45, 7) is 0.406. The standard InChI is InChI=1S/C27H29N3O2/c28-24-17-23(24)22-13-11-20(12-14-22)16-26(31)25(15-19-7-3-1-4-8-19)30-27(32)29-18-21-9-5-2-6-10-21/h1-14,23-25H,15-18,28H2,(H2,29,30,32). The lowest BCUT2D eigenvalue weighted by Crippen LogP contribution is -2.47. The molecular weight excluding hydrogens is 398 g/mol. The molecule has 1 saturated carbocycles. The van der Waals surface area contributed by atoms with Gasteiger partial charge in [0, 0.05) is 24.9 Å². The third kappa shape index (κ3) is 6.05. The SMILES string of the molecule is NC1CC1c1ccc(CC(=O)C(Cc2ccccc2)NC(=O)NCc2ccccc2)cc1. The summed E-state index contributed by atoms with van der Waals surface area (Å²) >= 11 is 0. The minimum Gasteiger partial charge on any atom is -0.334 e. The number of carbonyl (C=O) groups is 2. The Hall–Kier alpha value is -3.44. The van der Waals surface area contributed by atoms with Gasteiger partial charge in [-0.05, 0) is 35.1 Å². The predicted octanol–water partition coefficient (Wildman–Crippen LogP) is 3.72. The molecule has 1 aliphatic rings. The van der Waals surface area contributed by atoms with Gasteiger partial charge in [0.05, 0.1) is 6.04 Å². The molecule has 5 nitrogen and oxygen atoms in total. The fourth-order valence-electron chi connectivity index (χ4n) is 3.89. The number of urea groups is 1. The average molecular weight is 428 g/mol. The van der Waals surface area contributed by atoms with Crippen LogP contribution in [0.3, 0.4) is 0 Å². The van der Waals surface area contributed by atoms with E-state index in [-0.39, 0.29) is 24.3 Å². The summed E-state index contributed by atoms with van der Waals surface area (Å²) < 4.78 is 0. The van der Waals surface area contributed by atoms with Crippen LogP contribution in [0.25, 0.3) is 0 Å². The van der Waals surface area contributed by atoms with Crippen molar-refractivity contribution in [1.29, 1.82) is 0 Å². The van der Waals surface area contributed by atoms with Crippen LogP contribution in [0.1, 0.15) is 34.6 Å². The van der Waals surface area contributed by atoms with Crippen LogP contribution in [0, 0.1) is 0 Å². The Morgan fingerprint density at radius 2 is 1.44 bits per heavy atom. The van der Waals surface area contributed by atoms with E-state index in [9.17, 15) is 9.59 Å². The van der Waals surface area contributed by atoms with Crippen molar-refractivity contribution < 1.29 is 9.59 Å². The van der Waals surface area contributed by atoms with Crippen LogP contribution in [0.4, 0.5) is 4.79 Å². The van der Waals surface area contributed by atoms with Crippen LogP contribution in [0.5, 0.6) is 0 Å². The number of amides is 2. The van der Waals surface area contributed by atoms with E-state index in [0.29, 0.717) is 18.9 Å². The average Bonchev–Trinajstić information content (AvgIpc) is 3.55. The van der Waals surface area contributed by atoms with E-state index >= 15 is 0 Å². The van der Waals surface area contributed by atoms with Gasteiger partial charge in [0.1, 0.15) is 0 Å². The van der Waals surface area contributed by atoms with Gasteiger partial charge in [-0.1, -0.05) is 84.9 Å². The maximum Gasteiger partial charge on any atom is 0.315 e. The van der Waals surface area contributed by atoms with Gasteiger partial charge < -0.3 is 16.4 Å². The van der Waals surface area contributed by atoms with Crippen LogP contribution >= 0.6 is 0 Å². The summed E-state index contributed by atoms with van der Waals surface area (Å²) in [5.74, 6) is 0.431. The lowest BCUT2D eigenvalue weighted by Gasteiger charge is -2.19. The van der Waals surface area contributed by atoms with Crippen LogP contribution in [-0.4, -0.2) is 23.9 Å². The molecule has 0 saturated heterocycles. The molecule has 3 unspecified atom stereocenters. The van der Waals surface area contributed by atoms with Gasteiger partial charge in [-0.2, -0.15) is 0 Å². The number of nitrogens with two attached hydrogens (primary N) is 1. The van der Waals surface area contributed by atoms with Gasteiger partial charge in [-0.25, -0.2) is 4.79 Å². The molecule has 4 N–H and O–H groups in total.